The Bertz CT molecular complexity index is 728. The fraction of sp³-hybridized carbons (Fsp3) is 0.263. The van der Waals surface area contributed by atoms with Crippen LogP contribution in [0.15, 0.2) is 52.5 Å². The summed E-state index contributed by atoms with van der Waals surface area (Å²) in [5.41, 5.74) is 3.09. The molecule has 1 heterocycles. The molecule has 2 aromatic rings. The maximum Gasteiger partial charge on any atom is 0.127 e. The highest BCUT2D eigenvalue weighted by molar-refractivity contribution is 9.10. The molecule has 126 valence electrons. The number of fused-ring (bicyclic) bond motifs is 1. The van der Waals surface area contributed by atoms with Gasteiger partial charge in [-0.25, -0.2) is 0 Å². The Morgan fingerprint density at radius 3 is 2.79 bits per heavy atom. The van der Waals surface area contributed by atoms with E-state index in [0.717, 1.165) is 32.7 Å². The van der Waals surface area contributed by atoms with Crippen molar-refractivity contribution in [3.05, 3.63) is 63.6 Å². The zero-order valence-electron chi connectivity index (χ0n) is 13.5. The van der Waals surface area contributed by atoms with Gasteiger partial charge in [0, 0.05) is 23.1 Å². The van der Waals surface area contributed by atoms with Crippen LogP contribution in [0.2, 0.25) is 0 Å². The summed E-state index contributed by atoms with van der Waals surface area (Å²) in [5.74, 6) is 1.69. The number of aliphatic hydroxyl groups is 1. The monoisotopic (exact) mass is 389 g/mol. The number of ether oxygens (including phenoxy) is 2. The number of halogens is 1. The van der Waals surface area contributed by atoms with E-state index in [2.05, 4.69) is 27.3 Å². The minimum absolute atomic E-state index is 0.481. The molecule has 0 radical (unpaired) electrons. The van der Waals surface area contributed by atoms with E-state index >= 15 is 0 Å². The van der Waals surface area contributed by atoms with Crippen LogP contribution in [-0.2, 0) is 0 Å². The number of rotatable bonds is 6. The van der Waals surface area contributed by atoms with Crippen LogP contribution < -0.4 is 14.8 Å². The van der Waals surface area contributed by atoms with Crippen molar-refractivity contribution in [2.75, 3.05) is 26.8 Å². The molecule has 0 bridgehead atoms. The second-order valence-corrected chi connectivity index (χ2v) is 6.61. The molecular formula is C19H20BrNO3. The van der Waals surface area contributed by atoms with Crippen molar-refractivity contribution in [2.24, 2.45) is 0 Å². The van der Waals surface area contributed by atoms with Crippen LogP contribution >= 0.6 is 15.9 Å². The maximum atomic E-state index is 10.2. The van der Waals surface area contributed by atoms with E-state index in [1.165, 1.54) is 0 Å². The molecule has 3 rings (SSSR count). The van der Waals surface area contributed by atoms with Gasteiger partial charge in [0.25, 0.3) is 0 Å². The molecule has 0 amide bonds. The molecule has 4 nitrogen and oxygen atoms in total. The molecule has 0 saturated heterocycles. The summed E-state index contributed by atoms with van der Waals surface area (Å²) < 4.78 is 11.9. The van der Waals surface area contributed by atoms with Gasteiger partial charge >= 0.3 is 0 Å². The number of benzene rings is 2. The summed E-state index contributed by atoms with van der Waals surface area (Å²) in [5, 5.41) is 13.5. The van der Waals surface area contributed by atoms with Crippen molar-refractivity contribution in [1.82, 2.24) is 5.32 Å². The van der Waals surface area contributed by atoms with Crippen LogP contribution in [0, 0.1) is 0 Å². The molecule has 1 aliphatic heterocycles. The summed E-state index contributed by atoms with van der Waals surface area (Å²) in [4.78, 5) is 0. The van der Waals surface area contributed by atoms with E-state index in [-0.39, 0.29) is 0 Å². The Morgan fingerprint density at radius 2 is 2.04 bits per heavy atom. The maximum absolute atomic E-state index is 10.2. The van der Waals surface area contributed by atoms with Crippen LogP contribution in [0.5, 0.6) is 11.5 Å². The van der Waals surface area contributed by atoms with Gasteiger partial charge in [0.15, 0.2) is 0 Å². The Balaban J connectivity index is 1.54. The molecule has 1 atom stereocenters. The molecular weight excluding hydrogens is 370 g/mol. The van der Waals surface area contributed by atoms with Gasteiger partial charge in [-0.2, -0.15) is 0 Å². The Hall–Kier alpha value is -1.82. The SMILES string of the molecule is COc1ccc(C(O)CNCC2=Cc3cc(Br)ccc3OC2)cc1. The quantitative estimate of drug-likeness (QED) is 0.792. The average molecular weight is 390 g/mol. The molecule has 0 fully saturated rings. The molecule has 24 heavy (non-hydrogen) atoms. The second-order valence-electron chi connectivity index (χ2n) is 5.69. The molecule has 2 N–H and O–H groups in total. The third kappa shape index (κ3) is 4.17. The minimum Gasteiger partial charge on any atom is -0.497 e. The third-order valence-corrected chi connectivity index (χ3v) is 4.43. The fourth-order valence-corrected chi connectivity index (χ4v) is 2.99. The van der Waals surface area contributed by atoms with E-state index in [4.69, 9.17) is 9.47 Å². The van der Waals surface area contributed by atoms with Gasteiger partial charge < -0.3 is 19.9 Å². The first-order valence-electron chi connectivity index (χ1n) is 7.80. The zero-order chi connectivity index (χ0) is 16.9. The van der Waals surface area contributed by atoms with Crippen molar-refractivity contribution in [1.29, 1.82) is 0 Å². The van der Waals surface area contributed by atoms with Gasteiger partial charge in [0.05, 0.1) is 13.2 Å². The molecule has 5 heteroatoms. The lowest BCUT2D eigenvalue weighted by molar-refractivity contribution is 0.175. The number of aliphatic hydroxyl groups excluding tert-OH is 1. The van der Waals surface area contributed by atoms with E-state index in [9.17, 15) is 5.11 Å². The minimum atomic E-state index is -0.553. The highest BCUT2D eigenvalue weighted by atomic mass is 79.9. The Labute approximate surface area is 150 Å². The van der Waals surface area contributed by atoms with E-state index in [1.54, 1.807) is 7.11 Å². The van der Waals surface area contributed by atoms with Gasteiger partial charge in [-0.1, -0.05) is 28.1 Å². The van der Waals surface area contributed by atoms with Crippen molar-refractivity contribution in [3.8, 4) is 11.5 Å². The predicted octanol–water partition coefficient (Wildman–Crippen LogP) is 3.56. The summed E-state index contributed by atoms with van der Waals surface area (Å²) >= 11 is 3.48. The molecule has 0 spiro atoms. The highest BCUT2D eigenvalue weighted by Gasteiger charge is 2.12. The van der Waals surface area contributed by atoms with Crippen LogP contribution in [0.3, 0.4) is 0 Å². The van der Waals surface area contributed by atoms with Crippen LogP contribution in [-0.4, -0.2) is 31.9 Å². The first-order chi connectivity index (χ1) is 11.7. The standard InChI is InChI=1S/C19H20BrNO3/c1-23-17-5-2-14(3-6-17)18(22)11-21-10-13-8-15-9-16(20)4-7-19(15)24-12-13/h2-9,18,21-22H,10-12H2,1H3. The molecule has 0 aromatic heterocycles. The van der Waals surface area contributed by atoms with Crippen LogP contribution in [0.25, 0.3) is 6.08 Å². The number of hydrogen-bond donors (Lipinski definition) is 2. The predicted molar refractivity (Wildman–Crippen MR) is 98.4 cm³/mol. The lowest BCUT2D eigenvalue weighted by Gasteiger charge is -2.19. The van der Waals surface area contributed by atoms with Gasteiger partial charge in [-0.15, -0.1) is 0 Å². The first-order valence-corrected chi connectivity index (χ1v) is 8.59. The topological polar surface area (TPSA) is 50.7 Å². The largest absolute Gasteiger partial charge is 0.497 e. The van der Waals surface area contributed by atoms with Gasteiger partial charge in [-0.05, 0) is 47.5 Å². The molecule has 1 unspecified atom stereocenters. The van der Waals surface area contributed by atoms with Crippen molar-refractivity contribution < 1.29 is 14.6 Å². The highest BCUT2D eigenvalue weighted by Crippen LogP contribution is 2.29. The second kappa shape index (κ2) is 7.83. The van der Waals surface area contributed by atoms with Gasteiger partial charge in [0.2, 0.25) is 0 Å². The summed E-state index contributed by atoms with van der Waals surface area (Å²) in [7, 11) is 1.63. The lowest BCUT2D eigenvalue weighted by Crippen LogP contribution is -2.26. The lowest BCUT2D eigenvalue weighted by atomic mass is 10.1. The number of nitrogens with one attached hydrogen (secondary N) is 1. The molecule has 0 aliphatic carbocycles. The van der Waals surface area contributed by atoms with Gasteiger partial charge in [-0.3, -0.25) is 0 Å². The normalized spacial score (nSPS) is 14.4. The van der Waals surface area contributed by atoms with Crippen molar-refractivity contribution >= 4 is 22.0 Å². The van der Waals surface area contributed by atoms with Gasteiger partial charge in [0.1, 0.15) is 18.1 Å². The number of methoxy groups -OCH3 is 1. The summed E-state index contributed by atoms with van der Waals surface area (Å²) in [6.45, 7) is 1.73. The average Bonchev–Trinajstić information content (AvgIpc) is 2.61. The van der Waals surface area contributed by atoms with Crippen molar-refractivity contribution in [3.63, 3.8) is 0 Å². The third-order valence-electron chi connectivity index (χ3n) is 3.93. The van der Waals surface area contributed by atoms with E-state index < -0.39 is 6.10 Å². The van der Waals surface area contributed by atoms with Crippen LogP contribution in [0.1, 0.15) is 17.2 Å². The van der Waals surface area contributed by atoms with Crippen molar-refractivity contribution in [2.45, 2.75) is 6.10 Å². The van der Waals surface area contributed by atoms with E-state index in [1.807, 2.05) is 42.5 Å². The summed E-state index contributed by atoms with van der Waals surface area (Å²) in [6, 6.07) is 13.4. The van der Waals surface area contributed by atoms with Crippen LogP contribution in [0.4, 0.5) is 0 Å². The summed E-state index contributed by atoms with van der Waals surface area (Å²) in [6.07, 6.45) is 1.58. The smallest absolute Gasteiger partial charge is 0.127 e. The fourth-order valence-electron chi connectivity index (χ4n) is 2.61. The first kappa shape index (κ1) is 17.0. The Kier molecular flexibility index (Phi) is 5.56. The molecule has 0 saturated carbocycles. The van der Waals surface area contributed by atoms with E-state index in [0.29, 0.717) is 19.7 Å². The molecule has 2 aromatic carbocycles. The molecule has 1 aliphatic rings. The Morgan fingerprint density at radius 1 is 1.25 bits per heavy atom. The number of hydrogen-bond acceptors (Lipinski definition) is 4. The zero-order valence-corrected chi connectivity index (χ0v) is 15.0.